The molecule has 4 amide bonds. The number of carbonyl (C=O) groups excluding carboxylic acids is 5. The highest BCUT2D eigenvalue weighted by Gasteiger charge is 2.42. The van der Waals surface area contributed by atoms with E-state index in [9.17, 15) is 24.0 Å². The average Bonchev–Trinajstić information content (AvgIpc) is 3.50. The quantitative estimate of drug-likeness (QED) is 0.535. The van der Waals surface area contributed by atoms with E-state index in [4.69, 9.17) is 4.74 Å². The number of hydrogen-bond acceptors (Lipinski definition) is 6. The normalized spacial score (nSPS) is 32.9. The van der Waals surface area contributed by atoms with Crippen molar-refractivity contribution >= 4 is 29.4 Å². The lowest BCUT2D eigenvalue weighted by Crippen LogP contribution is -2.59. The molecule has 4 unspecified atom stereocenters. The van der Waals surface area contributed by atoms with Gasteiger partial charge in [-0.2, -0.15) is 0 Å². The van der Waals surface area contributed by atoms with Gasteiger partial charge in [-0.3, -0.25) is 24.0 Å². The van der Waals surface area contributed by atoms with Gasteiger partial charge in [-0.05, 0) is 51.9 Å². The van der Waals surface area contributed by atoms with E-state index in [0.717, 1.165) is 19.3 Å². The summed E-state index contributed by atoms with van der Waals surface area (Å²) in [5.74, 6) is -1.21. The number of rotatable bonds is 0. The Balaban J connectivity index is 1.58. The molecule has 0 aromatic rings. The van der Waals surface area contributed by atoms with Gasteiger partial charge in [-0.15, -0.1) is 0 Å². The highest BCUT2D eigenvalue weighted by molar-refractivity contribution is 5.96. The van der Waals surface area contributed by atoms with Gasteiger partial charge in [-0.1, -0.05) is 0 Å². The van der Waals surface area contributed by atoms with Crippen LogP contribution in [0.1, 0.15) is 58.3 Å². The Morgan fingerprint density at radius 2 is 1.39 bits per heavy atom. The predicted molar refractivity (Wildman–Crippen MR) is 117 cm³/mol. The molecular formula is C23H34N4O6. The van der Waals surface area contributed by atoms with Crippen LogP contribution in [0.15, 0.2) is 0 Å². The second-order valence-electron chi connectivity index (χ2n) is 9.48. The lowest BCUT2D eigenvalue weighted by molar-refractivity contribution is -0.150. The Morgan fingerprint density at radius 1 is 0.758 bits per heavy atom. The van der Waals surface area contributed by atoms with E-state index in [1.54, 1.807) is 16.7 Å². The van der Waals surface area contributed by atoms with Gasteiger partial charge in [0.25, 0.3) is 0 Å². The Labute approximate surface area is 193 Å². The Bertz CT molecular complexity index is 817. The van der Waals surface area contributed by atoms with Crippen molar-refractivity contribution in [3.63, 3.8) is 0 Å². The highest BCUT2D eigenvalue weighted by atomic mass is 16.5. The van der Waals surface area contributed by atoms with Crippen molar-refractivity contribution in [2.75, 3.05) is 32.8 Å². The number of carbonyl (C=O) groups is 5. The lowest BCUT2D eigenvalue weighted by atomic mass is 9.99. The molecule has 1 N–H and O–H groups in total. The molecule has 33 heavy (non-hydrogen) atoms. The number of piperidine rings is 1. The van der Waals surface area contributed by atoms with E-state index in [-0.39, 0.29) is 49.0 Å². The standard InChI is InChI=1S/C23H34N4O6/c1-15-22(31)26-12-4-7-16(26)19(28)14-33-13-9-20(29)25-11-5-8-18(25)23(32)27-10-3-2-6-17(27)21(30)24-15/h15-18H,2-14H2,1H3,(H,24,30). The second kappa shape index (κ2) is 10.2. The Kier molecular flexibility index (Phi) is 7.31. The molecule has 0 aliphatic carbocycles. The van der Waals surface area contributed by atoms with E-state index in [1.165, 1.54) is 4.90 Å². The van der Waals surface area contributed by atoms with E-state index in [1.807, 2.05) is 0 Å². The number of Topliss-reactive ketones (excluding diaryl/α,β-unsaturated/α-hetero) is 1. The van der Waals surface area contributed by atoms with Crippen LogP contribution in [-0.4, -0.2) is 101 Å². The first-order valence-electron chi connectivity index (χ1n) is 12.2. The van der Waals surface area contributed by atoms with Crippen molar-refractivity contribution in [2.45, 2.75) is 82.5 Å². The molecule has 10 heteroatoms. The third-order valence-electron chi connectivity index (χ3n) is 7.29. The third kappa shape index (κ3) is 4.90. The minimum absolute atomic E-state index is 0.0886. The zero-order valence-corrected chi connectivity index (χ0v) is 19.3. The van der Waals surface area contributed by atoms with E-state index >= 15 is 0 Å². The summed E-state index contributed by atoms with van der Waals surface area (Å²) in [7, 11) is 0. The fourth-order valence-electron chi connectivity index (χ4n) is 5.54. The molecule has 4 saturated heterocycles. The number of ketones is 1. The molecule has 4 atom stereocenters. The van der Waals surface area contributed by atoms with Gasteiger partial charge in [0.15, 0.2) is 5.78 Å². The SMILES string of the molecule is CC1NC(=O)C2CCCCN2C(=O)C2CCCN2C(=O)CCOCC(=O)C2CCCN2C1=O. The van der Waals surface area contributed by atoms with Crippen LogP contribution in [0.2, 0.25) is 0 Å². The van der Waals surface area contributed by atoms with Gasteiger partial charge in [0, 0.05) is 19.6 Å². The first-order valence-corrected chi connectivity index (χ1v) is 12.2. The zero-order chi connectivity index (χ0) is 23.5. The summed E-state index contributed by atoms with van der Waals surface area (Å²) < 4.78 is 5.49. The van der Waals surface area contributed by atoms with Crippen molar-refractivity contribution in [2.24, 2.45) is 0 Å². The number of amides is 4. The van der Waals surface area contributed by atoms with Crippen molar-refractivity contribution in [3.8, 4) is 0 Å². The van der Waals surface area contributed by atoms with Crippen LogP contribution in [-0.2, 0) is 28.7 Å². The fraction of sp³-hybridized carbons (Fsp3) is 0.783. The minimum Gasteiger partial charge on any atom is -0.373 e. The van der Waals surface area contributed by atoms with E-state index in [2.05, 4.69) is 5.32 Å². The molecule has 0 bridgehead atoms. The van der Waals surface area contributed by atoms with Gasteiger partial charge in [0.1, 0.15) is 24.7 Å². The molecule has 0 aromatic heterocycles. The van der Waals surface area contributed by atoms with Crippen LogP contribution in [0.25, 0.3) is 0 Å². The van der Waals surface area contributed by atoms with Crippen LogP contribution in [0.4, 0.5) is 0 Å². The predicted octanol–water partition coefficient (Wildman–Crippen LogP) is -0.156. The molecule has 0 radical (unpaired) electrons. The summed E-state index contributed by atoms with van der Waals surface area (Å²) in [5, 5.41) is 2.79. The minimum atomic E-state index is -0.800. The molecule has 4 heterocycles. The number of nitrogens with zero attached hydrogens (tertiary/aromatic N) is 3. The van der Waals surface area contributed by atoms with Crippen molar-refractivity contribution in [1.82, 2.24) is 20.0 Å². The van der Waals surface area contributed by atoms with E-state index in [0.29, 0.717) is 45.3 Å². The lowest BCUT2D eigenvalue weighted by Gasteiger charge is -2.38. The molecule has 182 valence electrons. The average molecular weight is 463 g/mol. The summed E-state index contributed by atoms with van der Waals surface area (Å²) >= 11 is 0. The molecular weight excluding hydrogens is 428 g/mol. The molecule has 0 spiro atoms. The molecule has 4 rings (SSSR count). The Morgan fingerprint density at radius 3 is 2.18 bits per heavy atom. The summed E-state index contributed by atoms with van der Waals surface area (Å²) in [5.41, 5.74) is 0. The topological polar surface area (TPSA) is 116 Å². The van der Waals surface area contributed by atoms with Gasteiger partial charge in [0.05, 0.1) is 19.1 Å². The molecule has 4 aliphatic rings. The van der Waals surface area contributed by atoms with Crippen molar-refractivity contribution in [1.29, 1.82) is 0 Å². The molecule has 4 fully saturated rings. The monoisotopic (exact) mass is 462 g/mol. The smallest absolute Gasteiger partial charge is 0.246 e. The number of fused-ring (bicyclic) bond motifs is 3. The largest absolute Gasteiger partial charge is 0.373 e. The van der Waals surface area contributed by atoms with Crippen LogP contribution >= 0.6 is 0 Å². The fourth-order valence-corrected chi connectivity index (χ4v) is 5.54. The number of nitrogens with one attached hydrogen (secondary N) is 1. The summed E-state index contributed by atoms with van der Waals surface area (Å²) in [6.45, 7) is 2.97. The Hall–Kier alpha value is -2.49. The first-order chi connectivity index (χ1) is 15.9. The third-order valence-corrected chi connectivity index (χ3v) is 7.29. The summed E-state index contributed by atoms with van der Waals surface area (Å²) in [4.78, 5) is 69.9. The van der Waals surface area contributed by atoms with Crippen molar-refractivity contribution < 1.29 is 28.7 Å². The van der Waals surface area contributed by atoms with E-state index < -0.39 is 24.2 Å². The van der Waals surface area contributed by atoms with Crippen molar-refractivity contribution in [3.05, 3.63) is 0 Å². The van der Waals surface area contributed by atoms with Crippen LogP contribution in [0, 0.1) is 0 Å². The molecule has 0 saturated carbocycles. The van der Waals surface area contributed by atoms with Crippen LogP contribution in [0.5, 0.6) is 0 Å². The maximum absolute atomic E-state index is 13.4. The maximum atomic E-state index is 13.4. The van der Waals surface area contributed by atoms with Gasteiger partial charge in [-0.25, -0.2) is 0 Å². The summed E-state index contributed by atoms with van der Waals surface area (Å²) in [6, 6.07) is -2.60. The van der Waals surface area contributed by atoms with Gasteiger partial charge >= 0.3 is 0 Å². The molecule has 10 nitrogen and oxygen atoms in total. The van der Waals surface area contributed by atoms with Crippen LogP contribution in [0.3, 0.4) is 0 Å². The summed E-state index contributed by atoms with van der Waals surface area (Å²) in [6.07, 6.45) is 4.81. The second-order valence-corrected chi connectivity index (χ2v) is 9.48. The highest BCUT2D eigenvalue weighted by Crippen LogP contribution is 2.26. The zero-order valence-electron chi connectivity index (χ0n) is 19.3. The number of hydrogen-bond donors (Lipinski definition) is 1. The molecule has 0 aromatic carbocycles. The van der Waals surface area contributed by atoms with Gasteiger partial charge < -0.3 is 24.8 Å². The molecule has 4 aliphatic heterocycles. The number of ether oxygens (including phenoxy) is 1. The first kappa shape index (κ1) is 23.7. The van der Waals surface area contributed by atoms with Crippen LogP contribution < -0.4 is 5.32 Å². The maximum Gasteiger partial charge on any atom is 0.246 e. The van der Waals surface area contributed by atoms with Gasteiger partial charge in [0.2, 0.25) is 23.6 Å².